The highest BCUT2D eigenvalue weighted by molar-refractivity contribution is 7.22. The zero-order valence-electron chi connectivity index (χ0n) is 20.2. The van der Waals surface area contributed by atoms with Gasteiger partial charge in [-0.25, -0.2) is 0 Å². The van der Waals surface area contributed by atoms with Gasteiger partial charge in [0.05, 0.1) is 5.69 Å². The summed E-state index contributed by atoms with van der Waals surface area (Å²) < 4.78 is 2.65. The molecule has 0 saturated heterocycles. The smallest absolute Gasteiger partial charge is 0.0791 e. The van der Waals surface area contributed by atoms with Gasteiger partial charge in [0.25, 0.3) is 0 Å². The predicted octanol–water partition coefficient (Wildman–Crippen LogP) is 9.91. The number of aromatic nitrogens is 1. The third-order valence-corrected chi connectivity index (χ3v) is 9.18. The molecule has 0 amide bonds. The second kappa shape index (κ2) is 7.76. The number of thiophene rings is 2. The molecule has 3 aromatic carbocycles. The van der Waals surface area contributed by atoms with Crippen molar-refractivity contribution in [2.24, 2.45) is 0 Å². The van der Waals surface area contributed by atoms with Crippen molar-refractivity contribution in [3.63, 3.8) is 0 Å². The van der Waals surface area contributed by atoms with E-state index in [4.69, 9.17) is 4.98 Å². The molecular formula is C31H27NS2. The third kappa shape index (κ3) is 3.38. The molecule has 0 spiro atoms. The molecule has 6 aromatic rings. The van der Waals surface area contributed by atoms with E-state index in [1.807, 2.05) is 28.9 Å². The standard InChI is InChI=1S/C31H27NS2/c1-18-17-33-27-16-21(10-11-23(18)27)30-19(2)28-26(34-30)12-13-32-29(28)22-14-20-8-6-7-9-24(20)25(15-22)31(3,4)5/h6-17H,1-5H3. The lowest BCUT2D eigenvalue weighted by molar-refractivity contribution is 0.596. The van der Waals surface area contributed by atoms with Crippen LogP contribution in [0.1, 0.15) is 37.5 Å². The topological polar surface area (TPSA) is 12.9 Å². The molecule has 0 aliphatic rings. The molecule has 0 unspecified atom stereocenters. The Morgan fingerprint density at radius 2 is 1.62 bits per heavy atom. The second-order valence-electron chi connectivity index (χ2n) is 10.2. The molecule has 3 heteroatoms. The van der Waals surface area contributed by atoms with Crippen LogP contribution >= 0.6 is 22.7 Å². The van der Waals surface area contributed by atoms with Crippen LogP contribution in [0.15, 0.2) is 72.2 Å². The fraction of sp³-hybridized carbons (Fsp3) is 0.194. The van der Waals surface area contributed by atoms with E-state index in [0.717, 1.165) is 5.69 Å². The van der Waals surface area contributed by atoms with E-state index in [9.17, 15) is 0 Å². The predicted molar refractivity (Wildman–Crippen MR) is 152 cm³/mol. The Morgan fingerprint density at radius 3 is 2.44 bits per heavy atom. The largest absolute Gasteiger partial charge is 0.256 e. The fourth-order valence-corrected chi connectivity index (χ4v) is 7.24. The van der Waals surface area contributed by atoms with Gasteiger partial charge in [0.2, 0.25) is 0 Å². The molecule has 0 bridgehead atoms. The van der Waals surface area contributed by atoms with Crippen molar-refractivity contribution in [1.29, 1.82) is 0 Å². The molecule has 0 saturated carbocycles. The van der Waals surface area contributed by atoms with E-state index in [-0.39, 0.29) is 5.41 Å². The van der Waals surface area contributed by atoms with E-state index >= 15 is 0 Å². The van der Waals surface area contributed by atoms with Gasteiger partial charge >= 0.3 is 0 Å². The van der Waals surface area contributed by atoms with Crippen molar-refractivity contribution in [3.8, 4) is 21.7 Å². The molecule has 6 rings (SSSR count). The summed E-state index contributed by atoms with van der Waals surface area (Å²) in [6.07, 6.45) is 1.97. The zero-order chi connectivity index (χ0) is 23.6. The Labute approximate surface area is 208 Å². The lowest BCUT2D eigenvalue weighted by Crippen LogP contribution is -2.12. The summed E-state index contributed by atoms with van der Waals surface area (Å²) in [5.74, 6) is 0. The number of pyridine rings is 1. The van der Waals surface area contributed by atoms with Crippen molar-refractivity contribution >= 4 is 53.6 Å². The van der Waals surface area contributed by atoms with Crippen LogP contribution in [0.3, 0.4) is 0 Å². The van der Waals surface area contributed by atoms with Crippen LogP contribution in [0, 0.1) is 13.8 Å². The van der Waals surface area contributed by atoms with Gasteiger partial charge in [-0.1, -0.05) is 57.2 Å². The van der Waals surface area contributed by atoms with Crippen molar-refractivity contribution in [1.82, 2.24) is 4.98 Å². The third-order valence-electron chi connectivity index (χ3n) is 6.81. The SMILES string of the molecule is Cc1csc2cc(-c3sc4ccnc(-c5cc(C(C)(C)C)c6ccccc6c5)c4c3C)ccc12. The van der Waals surface area contributed by atoms with E-state index in [0.29, 0.717) is 0 Å². The van der Waals surface area contributed by atoms with Crippen LogP contribution in [0.25, 0.3) is 52.6 Å². The van der Waals surface area contributed by atoms with Crippen molar-refractivity contribution in [2.45, 2.75) is 40.0 Å². The number of fused-ring (bicyclic) bond motifs is 3. The molecular weight excluding hydrogens is 450 g/mol. The van der Waals surface area contributed by atoms with E-state index < -0.39 is 0 Å². The quantitative estimate of drug-likeness (QED) is 0.242. The lowest BCUT2D eigenvalue weighted by atomic mass is 9.82. The first-order valence-electron chi connectivity index (χ1n) is 11.7. The maximum atomic E-state index is 4.94. The highest BCUT2D eigenvalue weighted by Crippen LogP contribution is 2.44. The minimum Gasteiger partial charge on any atom is -0.256 e. The molecule has 0 aliphatic heterocycles. The number of aryl methyl sites for hydroxylation is 2. The van der Waals surface area contributed by atoms with Gasteiger partial charge in [0.1, 0.15) is 0 Å². The van der Waals surface area contributed by atoms with Crippen molar-refractivity contribution in [2.75, 3.05) is 0 Å². The number of nitrogens with zero attached hydrogens (tertiary/aromatic N) is 1. The molecule has 3 aromatic heterocycles. The average molecular weight is 478 g/mol. The maximum Gasteiger partial charge on any atom is 0.0791 e. The number of hydrogen-bond acceptors (Lipinski definition) is 3. The van der Waals surface area contributed by atoms with Crippen LogP contribution in [-0.4, -0.2) is 4.98 Å². The Morgan fingerprint density at radius 1 is 0.794 bits per heavy atom. The van der Waals surface area contributed by atoms with Crippen LogP contribution < -0.4 is 0 Å². The summed E-state index contributed by atoms with van der Waals surface area (Å²) in [7, 11) is 0. The van der Waals surface area contributed by atoms with Gasteiger partial charge in [0, 0.05) is 31.4 Å². The first-order valence-corrected chi connectivity index (χ1v) is 13.4. The van der Waals surface area contributed by atoms with Gasteiger partial charge in [0.15, 0.2) is 0 Å². The van der Waals surface area contributed by atoms with Crippen molar-refractivity contribution < 1.29 is 0 Å². The molecule has 0 fully saturated rings. The van der Waals surface area contributed by atoms with Crippen LogP contribution in [0.4, 0.5) is 0 Å². The van der Waals surface area contributed by atoms with E-state index in [1.165, 1.54) is 63.6 Å². The summed E-state index contributed by atoms with van der Waals surface area (Å²) in [5, 5.41) is 7.49. The molecule has 0 N–H and O–H groups in total. The van der Waals surface area contributed by atoms with Gasteiger partial charge in [-0.2, -0.15) is 0 Å². The minimum atomic E-state index is 0.0482. The minimum absolute atomic E-state index is 0.0482. The lowest BCUT2D eigenvalue weighted by Gasteiger charge is -2.23. The molecule has 3 heterocycles. The maximum absolute atomic E-state index is 4.94. The number of hydrogen-bond donors (Lipinski definition) is 0. The normalized spacial score (nSPS) is 12.3. The molecule has 1 nitrogen and oxygen atoms in total. The monoisotopic (exact) mass is 477 g/mol. The number of benzene rings is 3. The first-order chi connectivity index (χ1) is 16.3. The van der Waals surface area contributed by atoms with E-state index in [2.05, 4.69) is 101 Å². The summed E-state index contributed by atoms with van der Waals surface area (Å²) in [5.41, 5.74) is 7.68. The van der Waals surface area contributed by atoms with Crippen LogP contribution in [-0.2, 0) is 5.41 Å². The van der Waals surface area contributed by atoms with Gasteiger partial charge in [-0.3, -0.25) is 4.98 Å². The van der Waals surface area contributed by atoms with E-state index in [1.54, 1.807) is 0 Å². The van der Waals surface area contributed by atoms with Crippen LogP contribution in [0.5, 0.6) is 0 Å². The first kappa shape index (κ1) is 21.5. The second-order valence-corrected chi connectivity index (χ2v) is 12.2. The van der Waals surface area contributed by atoms with Gasteiger partial charge in [-0.15, -0.1) is 22.7 Å². The Bertz CT molecular complexity index is 1710. The average Bonchev–Trinajstić information content (AvgIpc) is 3.37. The highest BCUT2D eigenvalue weighted by atomic mass is 32.1. The molecule has 34 heavy (non-hydrogen) atoms. The molecule has 168 valence electrons. The summed E-state index contributed by atoms with van der Waals surface area (Å²) in [4.78, 5) is 6.28. The Hall–Kier alpha value is -3.01. The summed E-state index contributed by atoms with van der Waals surface area (Å²) in [6.45, 7) is 11.3. The highest BCUT2D eigenvalue weighted by Gasteiger charge is 2.21. The van der Waals surface area contributed by atoms with Crippen LogP contribution in [0.2, 0.25) is 0 Å². The molecule has 0 atom stereocenters. The Kier molecular flexibility index (Phi) is 4.91. The Balaban J connectivity index is 1.59. The number of rotatable bonds is 2. The van der Waals surface area contributed by atoms with Gasteiger partial charge < -0.3 is 0 Å². The molecule has 0 radical (unpaired) electrons. The fourth-order valence-electron chi connectivity index (χ4n) is 5.06. The summed E-state index contributed by atoms with van der Waals surface area (Å²) in [6, 6.07) is 22.5. The van der Waals surface area contributed by atoms with Crippen molar-refractivity contribution in [3.05, 3.63) is 88.9 Å². The summed E-state index contributed by atoms with van der Waals surface area (Å²) >= 11 is 3.71. The van der Waals surface area contributed by atoms with Gasteiger partial charge in [-0.05, 0) is 87.3 Å². The zero-order valence-corrected chi connectivity index (χ0v) is 21.8. The molecule has 0 aliphatic carbocycles.